The molecule has 0 saturated carbocycles. The van der Waals surface area contributed by atoms with Crippen LogP contribution in [0.3, 0.4) is 0 Å². The molecule has 3 heteroatoms. The van der Waals surface area contributed by atoms with E-state index in [1.54, 1.807) is 6.20 Å². The van der Waals surface area contributed by atoms with E-state index in [-0.39, 0.29) is 0 Å². The molecule has 3 N–H and O–H groups in total. The minimum Gasteiger partial charge on any atom is -0.398 e. The summed E-state index contributed by atoms with van der Waals surface area (Å²) in [6, 6.07) is 2.41. The Balaban J connectivity index is 2.28. The molecule has 0 atom stereocenters. The highest BCUT2D eigenvalue weighted by Gasteiger charge is 1.98. The van der Waals surface area contributed by atoms with Gasteiger partial charge in [0.25, 0.3) is 0 Å². The Kier molecular flexibility index (Phi) is 4.40. The molecule has 0 aliphatic rings. The molecule has 0 bridgehead atoms. The predicted octanol–water partition coefficient (Wildman–Crippen LogP) is 1.59. The van der Waals surface area contributed by atoms with E-state index in [2.05, 4.69) is 24.1 Å². The highest BCUT2D eigenvalue weighted by molar-refractivity contribution is 5.44. The van der Waals surface area contributed by atoms with Crippen molar-refractivity contribution in [2.45, 2.75) is 32.7 Å². The number of hydrogen-bond donors (Lipinski definition) is 2. The number of nitrogen functional groups attached to an aromatic ring is 1. The first kappa shape index (κ1) is 11.0. The minimum absolute atomic E-state index is 0.557. The van der Waals surface area contributed by atoms with Crippen molar-refractivity contribution in [1.29, 1.82) is 0 Å². The van der Waals surface area contributed by atoms with Crippen LogP contribution in [-0.4, -0.2) is 17.6 Å². The van der Waals surface area contributed by atoms with Crippen LogP contribution in [0.4, 0.5) is 5.69 Å². The van der Waals surface area contributed by atoms with Crippen LogP contribution in [0.15, 0.2) is 18.5 Å². The lowest BCUT2D eigenvalue weighted by Gasteiger charge is -2.08. The van der Waals surface area contributed by atoms with Gasteiger partial charge < -0.3 is 11.1 Å². The maximum atomic E-state index is 5.80. The quantitative estimate of drug-likeness (QED) is 0.698. The molecule has 3 nitrogen and oxygen atoms in total. The van der Waals surface area contributed by atoms with Gasteiger partial charge in [0.05, 0.1) is 0 Å². The van der Waals surface area contributed by atoms with E-state index in [9.17, 15) is 0 Å². The van der Waals surface area contributed by atoms with E-state index < -0.39 is 0 Å². The van der Waals surface area contributed by atoms with Crippen molar-refractivity contribution >= 4 is 5.69 Å². The van der Waals surface area contributed by atoms with Crippen molar-refractivity contribution in [3.63, 3.8) is 0 Å². The number of nitrogens with one attached hydrogen (secondary N) is 1. The van der Waals surface area contributed by atoms with Crippen molar-refractivity contribution in [2.24, 2.45) is 0 Å². The summed E-state index contributed by atoms with van der Waals surface area (Å²) in [4.78, 5) is 4.06. The highest BCUT2D eigenvalue weighted by atomic mass is 14.9. The summed E-state index contributed by atoms with van der Waals surface area (Å²) >= 11 is 0. The number of aryl methyl sites for hydroxylation is 1. The molecule has 0 radical (unpaired) electrons. The highest BCUT2D eigenvalue weighted by Crippen LogP contribution is 2.10. The summed E-state index contributed by atoms with van der Waals surface area (Å²) in [6.07, 6.45) is 5.68. The molecule has 0 spiro atoms. The van der Waals surface area contributed by atoms with Gasteiger partial charge in [-0.3, -0.25) is 4.98 Å². The number of nitrogens with zero attached hydrogens (tertiary/aromatic N) is 1. The Morgan fingerprint density at radius 3 is 2.93 bits per heavy atom. The number of pyridine rings is 1. The van der Waals surface area contributed by atoms with Crippen molar-refractivity contribution in [3.05, 3.63) is 24.0 Å². The van der Waals surface area contributed by atoms with Gasteiger partial charge in [-0.25, -0.2) is 0 Å². The molecule has 0 aliphatic heterocycles. The third-order valence-electron chi connectivity index (χ3n) is 2.12. The molecule has 1 rings (SSSR count). The molecule has 1 aromatic heterocycles. The lowest BCUT2D eigenvalue weighted by molar-refractivity contribution is 0.570. The van der Waals surface area contributed by atoms with E-state index in [0.29, 0.717) is 6.04 Å². The fourth-order valence-electron chi connectivity index (χ4n) is 1.32. The lowest BCUT2D eigenvalue weighted by atomic mass is 10.1. The van der Waals surface area contributed by atoms with Gasteiger partial charge in [-0.15, -0.1) is 0 Å². The van der Waals surface area contributed by atoms with E-state index in [1.807, 2.05) is 12.3 Å². The van der Waals surface area contributed by atoms with E-state index in [4.69, 9.17) is 5.73 Å². The molecule has 78 valence electrons. The monoisotopic (exact) mass is 193 g/mol. The fraction of sp³-hybridized carbons (Fsp3) is 0.545. The second-order valence-corrected chi connectivity index (χ2v) is 3.79. The zero-order valence-electron chi connectivity index (χ0n) is 8.96. The zero-order valence-corrected chi connectivity index (χ0v) is 8.96. The SMILES string of the molecule is CC(C)NCCCc1cnccc1N. The third kappa shape index (κ3) is 3.75. The number of anilines is 1. The Labute approximate surface area is 85.7 Å². The first-order valence-corrected chi connectivity index (χ1v) is 5.12. The molecule has 1 heterocycles. The third-order valence-corrected chi connectivity index (χ3v) is 2.12. The smallest absolute Gasteiger partial charge is 0.0377 e. The van der Waals surface area contributed by atoms with Gasteiger partial charge >= 0.3 is 0 Å². The second kappa shape index (κ2) is 5.60. The fourth-order valence-corrected chi connectivity index (χ4v) is 1.32. The number of aromatic nitrogens is 1. The number of nitrogens with two attached hydrogens (primary N) is 1. The maximum absolute atomic E-state index is 5.80. The largest absolute Gasteiger partial charge is 0.398 e. The molecule has 0 amide bonds. The first-order valence-electron chi connectivity index (χ1n) is 5.12. The van der Waals surface area contributed by atoms with Crippen LogP contribution < -0.4 is 11.1 Å². The van der Waals surface area contributed by atoms with E-state index in [0.717, 1.165) is 30.6 Å². The van der Waals surface area contributed by atoms with Crippen LogP contribution in [0.2, 0.25) is 0 Å². The first-order chi connectivity index (χ1) is 6.70. The Morgan fingerprint density at radius 2 is 2.29 bits per heavy atom. The van der Waals surface area contributed by atoms with Crippen LogP contribution in [-0.2, 0) is 6.42 Å². The standard InChI is InChI=1S/C11H19N3/c1-9(2)14-6-3-4-10-8-13-7-5-11(10)12/h5,7-9,14H,3-4,6H2,1-2H3,(H2,12,13). The molecule has 14 heavy (non-hydrogen) atoms. The second-order valence-electron chi connectivity index (χ2n) is 3.79. The summed E-state index contributed by atoms with van der Waals surface area (Å²) in [5.41, 5.74) is 7.80. The molecular formula is C11H19N3. The van der Waals surface area contributed by atoms with Crippen molar-refractivity contribution < 1.29 is 0 Å². The summed E-state index contributed by atoms with van der Waals surface area (Å²) in [6.45, 7) is 5.34. The number of rotatable bonds is 5. The van der Waals surface area contributed by atoms with Crippen molar-refractivity contribution in [1.82, 2.24) is 10.3 Å². The summed E-state index contributed by atoms with van der Waals surface area (Å²) < 4.78 is 0. The van der Waals surface area contributed by atoms with E-state index >= 15 is 0 Å². The normalized spacial score (nSPS) is 10.8. The minimum atomic E-state index is 0.557. The van der Waals surface area contributed by atoms with Gasteiger partial charge in [-0.2, -0.15) is 0 Å². The Hall–Kier alpha value is -1.09. The van der Waals surface area contributed by atoms with Gasteiger partial charge in [0.1, 0.15) is 0 Å². The van der Waals surface area contributed by atoms with Crippen LogP contribution in [0.5, 0.6) is 0 Å². The topological polar surface area (TPSA) is 50.9 Å². The van der Waals surface area contributed by atoms with Gasteiger partial charge in [0.2, 0.25) is 0 Å². The average molecular weight is 193 g/mol. The average Bonchev–Trinajstić information content (AvgIpc) is 2.15. The van der Waals surface area contributed by atoms with E-state index in [1.165, 1.54) is 0 Å². The van der Waals surface area contributed by atoms with Crippen LogP contribution >= 0.6 is 0 Å². The number of hydrogen-bond acceptors (Lipinski definition) is 3. The van der Waals surface area contributed by atoms with Gasteiger partial charge in [-0.05, 0) is 31.0 Å². The zero-order chi connectivity index (χ0) is 10.4. The Morgan fingerprint density at radius 1 is 1.50 bits per heavy atom. The molecule has 0 saturated heterocycles. The molecule has 0 unspecified atom stereocenters. The predicted molar refractivity (Wildman–Crippen MR) is 60.1 cm³/mol. The van der Waals surface area contributed by atoms with Crippen molar-refractivity contribution in [2.75, 3.05) is 12.3 Å². The van der Waals surface area contributed by atoms with Crippen LogP contribution in [0, 0.1) is 0 Å². The van der Waals surface area contributed by atoms with Gasteiger partial charge in [-0.1, -0.05) is 13.8 Å². The summed E-state index contributed by atoms with van der Waals surface area (Å²) in [5, 5.41) is 3.37. The Bertz CT molecular complexity index is 271. The maximum Gasteiger partial charge on any atom is 0.0377 e. The lowest BCUT2D eigenvalue weighted by Crippen LogP contribution is -2.24. The molecule has 0 fully saturated rings. The summed E-state index contributed by atoms with van der Waals surface area (Å²) in [5.74, 6) is 0. The molecule has 1 aromatic rings. The molecule has 0 aliphatic carbocycles. The summed E-state index contributed by atoms with van der Waals surface area (Å²) in [7, 11) is 0. The van der Waals surface area contributed by atoms with Gasteiger partial charge in [0, 0.05) is 24.1 Å². The van der Waals surface area contributed by atoms with Crippen LogP contribution in [0.1, 0.15) is 25.8 Å². The van der Waals surface area contributed by atoms with Crippen molar-refractivity contribution in [3.8, 4) is 0 Å². The molecular weight excluding hydrogens is 174 g/mol. The van der Waals surface area contributed by atoms with Gasteiger partial charge in [0.15, 0.2) is 0 Å². The molecule has 0 aromatic carbocycles. The van der Waals surface area contributed by atoms with Crippen LogP contribution in [0.25, 0.3) is 0 Å².